The maximum atomic E-state index is 4.15. The number of rotatable bonds is 4. The number of benzene rings is 1. The van der Waals surface area contributed by atoms with Crippen LogP contribution in [-0.4, -0.2) is 16.3 Å². The second kappa shape index (κ2) is 5.69. The van der Waals surface area contributed by atoms with E-state index in [0.717, 1.165) is 27.6 Å². The lowest BCUT2D eigenvalue weighted by atomic mass is 10.2. The highest BCUT2D eigenvalue weighted by Gasteiger charge is 2.03. The summed E-state index contributed by atoms with van der Waals surface area (Å²) >= 11 is 7.06. The number of anilines is 1. The summed E-state index contributed by atoms with van der Waals surface area (Å²) in [6.07, 6.45) is 4.90. The average Bonchev–Trinajstić information content (AvgIpc) is 2.69. The Morgan fingerprint density at radius 1 is 1.29 bits per heavy atom. The van der Waals surface area contributed by atoms with Gasteiger partial charge in [0.05, 0.1) is 11.9 Å². The van der Waals surface area contributed by atoms with Crippen LogP contribution in [0.25, 0.3) is 0 Å². The minimum atomic E-state index is 0.882. The molecule has 0 aliphatic carbocycles. The topological polar surface area (TPSA) is 29.9 Å². The summed E-state index contributed by atoms with van der Waals surface area (Å²) in [6, 6.07) is 6.05. The van der Waals surface area contributed by atoms with E-state index in [-0.39, 0.29) is 0 Å². The second-order valence-corrected chi connectivity index (χ2v) is 5.50. The monoisotopic (exact) mass is 357 g/mol. The molecule has 90 valence electrons. The third-order valence-electron chi connectivity index (χ3n) is 2.44. The smallest absolute Gasteiger partial charge is 0.0629 e. The Balaban J connectivity index is 1.94. The molecule has 1 aromatic carbocycles. The molecule has 0 aliphatic rings. The standard InChI is InChI=1S/C12H13Br2N3/c1-17-8-9(7-16-17)5-6-15-12-10(13)3-2-4-11(12)14/h2-4,7-8,15H,5-6H2,1H3. The fourth-order valence-electron chi connectivity index (χ4n) is 1.60. The molecule has 0 atom stereocenters. The van der Waals surface area contributed by atoms with Gasteiger partial charge in [-0.3, -0.25) is 4.68 Å². The molecule has 0 saturated carbocycles. The first-order valence-electron chi connectivity index (χ1n) is 5.32. The number of hydrogen-bond acceptors (Lipinski definition) is 2. The fraction of sp³-hybridized carbons (Fsp3) is 0.250. The molecule has 1 N–H and O–H groups in total. The van der Waals surface area contributed by atoms with Gasteiger partial charge in [-0.2, -0.15) is 5.10 Å². The minimum absolute atomic E-state index is 0.882. The summed E-state index contributed by atoms with van der Waals surface area (Å²) in [7, 11) is 1.93. The van der Waals surface area contributed by atoms with Crippen LogP contribution < -0.4 is 5.32 Å². The first-order valence-corrected chi connectivity index (χ1v) is 6.91. The molecule has 0 bridgehead atoms. The Bertz CT molecular complexity index is 488. The largest absolute Gasteiger partial charge is 0.383 e. The highest BCUT2D eigenvalue weighted by molar-refractivity contribution is 9.11. The lowest BCUT2D eigenvalue weighted by molar-refractivity contribution is 0.767. The van der Waals surface area contributed by atoms with Crippen LogP contribution in [0.15, 0.2) is 39.5 Å². The number of para-hydroxylation sites is 1. The highest BCUT2D eigenvalue weighted by atomic mass is 79.9. The Hall–Kier alpha value is -0.810. The van der Waals surface area contributed by atoms with Crippen molar-refractivity contribution in [1.29, 1.82) is 0 Å². The molecule has 17 heavy (non-hydrogen) atoms. The zero-order valence-corrected chi connectivity index (χ0v) is 12.6. The van der Waals surface area contributed by atoms with Crippen molar-refractivity contribution < 1.29 is 0 Å². The van der Waals surface area contributed by atoms with Gasteiger partial charge in [-0.1, -0.05) is 6.07 Å². The van der Waals surface area contributed by atoms with E-state index in [2.05, 4.69) is 42.3 Å². The highest BCUT2D eigenvalue weighted by Crippen LogP contribution is 2.30. The van der Waals surface area contributed by atoms with Gasteiger partial charge in [0.2, 0.25) is 0 Å². The van der Waals surface area contributed by atoms with Crippen LogP contribution in [0.2, 0.25) is 0 Å². The minimum Gasteiger partial charge on any atom is -0.383 e. The van der Waals surface area contributed by atoms with E-state index in [1.54, 1.807) is 0 Å². The Morgan fingerprint density at radius 3 is 2.59 bits per heavy atom. The molecule has 0 spiro atoms. The van der Waals surface area contributed by atoms with E-state index in [0.29, 0.717) is 0 Å². The molecule has 0 saturated heterocycles. The van der Waals surface area contributed by atoms with Crippen molar-refractivity contribution in [1.82, 2.24) is 9.78 Å². The van der Waals surface area contributed by atoms with Crippen molar-refractivity contribution >= 4 is 37.5 Å². The molecule has 1 heterocycles. The van der Waals surface area contributed by atoms with Gasteiger partial charge in [0.25, 0.3) is 0 Å². The van der Waals surface area contributed by atoms with E-state index >= 15 is 0 Å². The van der Waals surface area contributed by atoms with Crippen molar-refractivity contribution in [3.63, 3.8) is 0 Å². The molecule has 0 radical (unpaired) electrons. The van der Waals surface area contributed by atoms with Crippen molar-refractivity contribution in [2.75, 3.05) is 11.9 Å². The van der Waals surface area contributed by atoms with Crippen molar-refractivity contribution in [3.8, 4) is 0 Å². The van der Waals surface area contributed by atoms with Crippen LogP contribution in [0.5, 0.6) is 0 Å². The van der Waals surface area contributed by atoms with Crippen LogP contribution in [0.3, 0.4) is 0 Å². The van der Waals surface area contributed by atoms with Gasteiger partial charge in [-0.25, -0.2) is 0 Å². The molecule has 2 rings (SSSR count). The van der Waals surface area contributed by atoms with Gasteiger partial charge in [0.1, 0.15) is 0 Å². The second-order valence-electron chi connectivity index (χ2n) is 3.80. The molecule has 3 nitrogen and oxygen atoms in total. The summed E-state index contributed by atoms with van der Waals surface area (Å²) in [4.78, 5) is 0. The lowest BCUT2D eigenvalue weighted by Gasteiger charge is -2.09. The van der Waals surface area contributed by atoms with Gasteiger partial charge in [-0.15, -0.1) is 0 Å². The maximum absolute atomic E-state index is 4.15. The molecular weight excluding hydrogens is 346 g/mol. The van der Waals surface area contributed by atoms with E-state index in [1.165, 1.54) is 5.56 Å². The number of hydrogen-bond donors (Lipinski definition) is 1. The molecule has 5 heteroatoms. The SMILES string of the molecule is Cn1cc(CCNc2c(Br)cccc2Br)cn1. The molecule has 2 aromatic rings. The van der Waals surface area contributed by atoms with Crippen molar-refractivity contribution in [2.24, 2.45) is 7.05 Å². The summed E-state index contributed by atoms with van der Waals surface area (Å²) in [5.74, 6) is 0. The molecule has 0 fully saturated rings. The molecule has 0 unspecified atom stereocenters. The van der Waals surface area contributed by atoms with Gasteiger partial charge in [-0.05, 0) is 56.0 Å². The third kappa shape index (κ3) is 3.33. The molecular formula is C12H13Br2N3. The van der Waals surface area contributed by atoms with Crippen LogP contribution in [0, 0.1) is 0 Å². The number of halogens is 2. The first-order chi connectivity index (χ1) is 8.16. The molecule has 0 amide bonds. The zero-order valence-electron chi connectivity index (χ0n) is 9.45. The fourth-order valence-corrected chi connectivity index (χ4v) is 2.88. The van der Waals surface area contributed by atoms with Gasteiger partial charge in [0.15, 0.2) is 0 Å². The van der Waals surface area contributed by atoms with Crippen molar-refractivity contribution in [3.05, 3.63) is 45.1 Å². The number of aryl methyl sites for hydroxylation is 1. The Labute approximate surface area is 117 Å². The predicted octanol–water partition coefficient (Wildman–Crippen LogP) is 3.60. The summed E-state index contributed by atoms with van der Waals surface area (Å²) in [6.45, 7) is 0.882. The Kier molecular flexibility index (Phi) is 4.23. The Morgan fingerprint density at radius 2 is 2.00 bits per heavy atom. The number of nitrogens with one attached hydrogen (secondary N) is 1. The van der Waals surface area contributed by atoms with Crippen LogP contribution in [0.4, 0.5) is 5.69 Å². The van der Waals surface area contributed by atoms with Crippen LogP contribution in [0.1, 0.15) is 5.56 Å². The summed E-state index contributed by atoms with van der Waals surface area (Å²) in [5.41, 5.74) is 2.33. The van der Waals surface area contributed by atoms with Crippen LogP contribution in [-0.2, 0) is 13.5 Å². The van der Waals surface area contributed by atoms with E-state index < -0.39 is 0 Å². The third-order valence-corrected chi connectivity index (χ3v) is 3.76. The lowest BCUT2D eigenvalue weighted by Crippen LogP contribution is -2.05. The van der Waals surface area contributed by atoms with Gasteiger partial charge >= 0.3 is 0 Å². The zero-order chi connectivity index (χ0) is 12.3. The summed E-state index contributed by atoms with van der Waals surface area (Å²) < 4.78 is 3.96. The van der Waals surface area contributed by atoms with Crippen molar-refractivity contribution in [2.45, 2.75) is 6.42 Å². The summed E-state index contributed by atoms with van der Waals surface area (Å²) in [5, 5.41) is 7.56. The number of aromatic nitrogens is 2. The quantitative estimate of drug-likeness (QED) is 0.904. The van der Waals surface area contributed by atoms with E-state index in [9.17, 15) is 0 Å². The van der Waals surface area contributed by atoms with Gasteiger partial charge < -0.3 is 5.32 Å². The van der Waals surface area contributed by atoms with E-state index in [4.69, 9.17) is 0 Å². The maximum Gasteiger partial charge on any atom is 0.0629 e. The normalized spacial score (nSPS) is 10.5. The van der Waals surface area contributed by atoms with Gasteiger partial charge in [0, 0.05) is 28.7 Å². The first kappa shape index (κ1) is 12.6. The number of nitrogens with zero attached hydrogens (tertiary/aromatic N) is 2. The average molecular weight is 359 g/mol. The predicted molar refractivity (Wildman–Crippen MR) is 77.2 cm³/mol. The van der Waals surface area contributed by atoms with E-state index in [1.807, 2.05) is 42.3 Å². The molecule has 0 aliphatic heterocycles. The molecule has 1 aromatic heterocycles. The van der Waals surface area contributed by atoms with Crippen LogP contribution >= 0.6 is 31.9 Å².